The van der Waals surface area contributed by atoms with Gasteiger partial charge in [-0.1, -0.05) is 19.6 Å². The van der Waals surface area contributed by atoms with E-state index in [1.165, 1.54) is 6.42 Å². The maximum Gasteiger partial charge on any atom is 0.252 e. The molecular weight excluding hydrogens is 332 g/mol. The SMILES string of the molecule is C=C(C)C(=O)NCC(=C)C(=O)N(CN1CCCCC1)C1CCN(C)C1=O. The summed E-state index contributed by atoms with van der Waals surface area (Å²) in [4.78, 5) is 42.6. The maximum atomic E-state index is 13.0. The number of likely N-dealkylation sites (N-methyl/N-ethyl adjacent to an activating group) is 1. The number of hydrogen-bond donors (Lipinski definition) is 1. The summed E-state index contributed by atoms with van der Waals surface area (Å²) < 4.78 is 0. The molecule has 0 aromatic carbocycles. The van der Waals surface area contributed by atoms with Gasteiger partial charge in [0, 0.05) is 31.3 Å². The lowest BCUT2D eigenvalue weighted by atomic mass is 10.1. The molecule has 1 atom stereocenters. The van der Waals surface area contributed by atoms with Gasteiger partial charge in [0.25, 0.3) is 5.91 Å². The van der Waals surface area contributed by atoms with E-state index in [0.29, 0.717) is 25.2 Å². The van der Waals surface area contributed by atoms with E-state index in [0.717, 1.165) is 25.9 Å². The van der Waals surface area contributed by atoms with Crippen molar-refractivity contribution >= 4 is 17.7 Å². The molecule has 144 valence electrons. The minimum Gasteiger partial charge on any atom is -0.348 e. The van der Waals surface area contributed by atoms with Crippen LogP contribution in [-0.2, 0) is 14.4 Å². The Bertz CT molecular complexity index is 596. The van der Waals surface area contributed by atoms with Crippen molar-refractivity contribution in [2.24, 2.45) is 0 Å². The highest BCUT2D eigenvalue weighted by atomic mass is 16.2. The Labute approximate surface area is 155 Å². The molecule has 0 spiro atoms. The molecule has 2 fully saturated rings. The highest BCUT2D eigenvalue weighted by molar-refractivity contribution is 5.98. The quantitative estimate of drug-likeness (QED) is 0.678. The van der Waals surface area contributed by atoms with Crippen molar-refractivity contribution in [1.82, 2.24) is 20.0 Å². The third-order valence-electron chi connectivity index (χ3n) is 4.99. The standard InChI is InChI=1S/C19H30N4O3/c1-14(2)17(24)20-12-15(3)18(25)23(13-22-9-6-5-7-10-22)16-8-11-21(4)19(16)26/h16H,1,3,5-13H2,2,4H3,(H,20,24). The third-order valence-corrected chi connectivity index (χ3v) is 4.99. The summed E-state index contributed by atoms with van der Waals surface area (Å²) in [6, 6.07) is -0.456. The van der Waals surface area contributed by atoms with Crippen LogP contribution in [0.15, 0.2) is 24.3 Å². The largest absolute Gasteiger partial charge is 0.348 e. The van der Waals surface area contributed by atoms with E-state index in [-0.39, 0.29) is 29.8 Å². The molecule has 0 aromatic heterocycles. The summed E-state index contributed by atoms with van der Waals surface area (Å²) in [6.45, 7) is 12.0. The Balaban J connectivity index is 2.07. The predicted octanol–water partition coefficient (Wildman–Crippen LogP) is 0.738. The van der Waals surface area contributed by atoms with Crippen LogP contribution in [0.25, 0.3) is 0 Å². The lowest BCUT2D eigenvalue weighted by Crippen LogP contribution is -2.52. The van der Waals surface area contributed by atoms with Crippen molar-refractivity contribution in [2.75, 3.05) is 39.9 Å². The number of carbonyl (C=O) groups excluding carboxylic acids is 3. The topological polar surface area (TPSA) is 73.0 Å². The lowest BCUT2D eigenvalue weighted by Gasteiger charge is -2.35. The highest BCUT2D eigenvalue weighted by Crippen LogP contribution is 2.20. The molecule has 3 amide bonds. The summed E-state index contributed by atoms with van der Waals surface area (Å²) in [5.41, 5.74) is 0.655. The van der Waals surface area contributed by atoms with Crippen LogP contribution >= 0.6 is 0 Å². The van der Waals surface area contributed by atoms with Crippen molar-refractivity contribution in [3.05, 3.63) is 24.3 Å². The van der Waals surface area contributed by atoms with Gasteiger partial charge in [-0.05, 0) is 39.3 Å². The number of nitrogens with one attached hydrogen (secondary N) is 1. The summed E-state index contributed by atoms with van der Waals surface area (Å²) >= 11 is 0. The van der Waals surface area contributed by atoms with E-state index >= 15 is 0 Å². The van der Waals surface area contributed by atoms with E-state index in [4.69, 9.17) is 0 Å². The smallest absolute Gasteiger partial charge is 0.252 e. The maximum absolute atomic E-state index is 13.0. The molecule has 7 nitrogen and oxygen atoms in total. The number of hydrogen-bond acceptors (Lipinski definition) is 4. The van der Waals surface area contributed by atoms with E-state index in [1.54, 1.807) is 23.8 Å². The fourth-order valence-corrected chi connectivity index (χ4v) is 3.33. The van der Waals surface area contributed by atoms with Crippen LogP contribution in [0.3, 0.4) is 0 Å². The Kier molecular flexibility index (Phi) is 6.97. The van der Waals surface area contributed by atoms with Crippen molar-refractivity contribution < 1.29 is 14.4 Å². The van der Waals surface area contributed by atoms with Crippen LogP contribution in [0.1, 0.15) is 32.6 Å². The molecule has 2 saturated heterocycles. The average molecular weight is 362 g/mol. The van der Waals surface area contributed by atoms with Crippen molar-refractivity contribution in [3.63, 3.8) is 0 Å². The first kappa shape index (κ1) is 20.2. The molecule has 0 radical (unpaired) electrons. The zero-order valence-corrected chi connectivity index (χ0v) is 15.9. The molecule has 1 N–H and O–H groups in total. The molecule has 2 aliphatic rings. The molecule has 2 rings (SSSR count). The first-order valence-corrected chi connectivity index (χ1v) is 9.21. The summed E-state index contributed by atoms with van der Waals surface area (Å²) in [5.74, 6) is -0.612. The highest BCUT2D eigenvalue weighted by Gasteiger charge is 2.38. The molecule has 0 aliphatic carbocycles. The van der Waals surface area contributed by atoms with E-state index in [1.807, 2.05) is 0 Å². The second kappa shape index (κ2) is 8.98. The van der Waals surface area contributed by atoms with Crippen LogP contribution in [-0.4, -0.2) is 78.4 Å². The molecule has 0 bridgehead atoms. The number of likely N-dealkylation sites (tertiary alicyclic amines) is 2. The summed E-state index contributed by atoms with van der Waals surface area (Å²) in [5, 5.41) is 2.64. The fourth-order valence-electron chi connectivity index (χ4n) is 3.33. The number of carbonyl (C=O) groups is 3. The Morgan fingerprint density at radius 2 is 1.85 bits per heavy atom. The predicted molar refractivity (Wildman–Crippen MR) is 100 cm³/mol. The van der Waals surface area contributed by atoms with Crippen LogP contribution < -0.4 is 5.32 Å². The van der Waals surface area contributed by atoms with Gasteiger partial charge in [0.1, 0.15) is 6.04 Å². The average Bonchev–Trinajstić information content (AvgIpc) is 2.96. The fraction of sp³-hybridized carbons (Fsp3) is 0.632. The number of amides is 3. The van der Waals surface area contributed by atoms with Gasteiger partial charge in [0.05, 0.1) is 6.67 Å². The van der Waals surface area contributed by atoms with Crippen LogP contribution in [0.5, 0.6) is 0 Å². The van der Waals surface area contributed by atoms with E-state index < -0.39 is 6.04 Å². The molecule has 0 saturated carbocycles. The first-order chi connectivity index (χ1) is 12.3. The van der Waals surface area contributed by atoms with Gasteiger partial charge >= 0.3 is 0 Å². The van der Waals surface area contributed by atoms with E-state index in [9.17, 15) is 14.4 Å². The van der Waals surface area contributed by atoms with Gasteiger partial charge < -0.3 is 15.1 Å². The lowest BCUT2D eigenvalue weighted by molar-refractivity contribution is -0.141. The Hall–Kier alpha value is -2.15. The van der Waals surface area contributed by atoms with Gasteiger partial charge in [-0.15, -0.1) is 0 Å². The van der Waals surface area contributed by atoms with Crippen molar-refractivity contribution in [1.29, 1.82) is 0 Å². The van der Waals surface area contributed by atoms with Gasteiger partial charge in [-0.25, -0.2) is 0 Å². The minimum absolute atomic E-state index is 0.0332. The van der Waals surface area contributed by atoms with Gasteiger partial charge in [0.15, 0.2) is 0 Å². The monoisotopic (exact) mass is 362 g/mol. The van der Waals surface area contributed by atoms with E-state index in [2.05, 4.69) is 23.4 Å². The number of rotatable bonds is 7. The molecule has 2 heterocycles. The molecule has 7 heteroatoms. The molecule has 0 aromatic rings. The third kappa shape index (κ3) is 4.94. The zero-order chi connectivity index (χ0) is 19.3. The number of nitrogens with zero attached hydrogens (tertiary/aromatic N) is 3. The zero-order valence-electron chi connectivity index (χ0n) is 15.9. The first-order valence-electron chi connectivity index (χ1n) is 9.21. The second-order valence-electron chi connectivity index (χ2n) is 7.23. The molecule has 26 heavy (non-hydrogen) atoms. The second-order valence-corrected chi connectivity index (χ2v) is 7.23. The van der Waals surface area contributed by atoms with Crippen molar-refractivity contribution in [3.8, 4) is 0 Å². The van der Waals surface area contributed by atoms with Crippen molar-refractivity contribution in [2.45, 2.75) is 38.6 Å². The minimum atomic E-state index is -0.456. The summed E-state index contributed by atoms with van der Waals surface area (Å²) in [6.07, 6.45) is 4.04. The molecule has 2 aliphatic heterocycles. The van der Waals surface area contributed by atoms with Crippen LogP contribution in [0, 0.1) is 0 Å². The number of piperidine rings is 1. The van der Waals surface area contributed by atoms with Gasteiger partial charge in [0.2, 0.25) is 11.8 Å². The van der Waals surface area contributed by atoms with Crippen LogP contribution in [0.2, 0.25) is 0 Å². The Morgan fingerprint density at radius 3 is 2.38 bits per heavy atom. The Morgan fingerprint density at radius 1 is 1.19 bits per heavy atom. The summed E-state index contributed by atoms with van der Waals surface area (Å²) in [7, 11) is 1.76. The molecule has 1 unspecified atom stereocenters. The molecular formula is C19H30N4O3. The van der Waals surface area contributed by atoms with Crippen LogP contribution in [0.4, 0.5) is 0 Å². The normalized spacial score (nSPS) is 20.8. The van der Waals surface area contributed by atoms with Gasteiger partial charge in [-0.3, -0.25) is 19.3 Å². The van der Waals surface area contributed by atoms with Gasteiger partial charge in [-0.2, -0.15) is 0 Å².